The molecule has 1 saturated carbocycles. The van der Waals surface area contributed by atoms with Gasteiger partial charge in [-0.25, -0.2) is 14.4 Å². The summed E-state index contributed by atoms with van der Waals surface area (Å²) in [6.07, 6.45) is 3.86. The zero-order valence-corrected chi connectivity index (χ0v) is 16.4. The highest BCUT2D eigenvalue weighted by atomic mass is 35.5. The minimum atomic E-state index is -0.318. The monoisotopic (exact) mass is 405 g/mol. The first-order valence-electron chi connectivity index (χ1n) is 9.46. The van der Waals surface area contributed by atoms with Crippen LogP contribution in [0.4, 0.5) is 4.39 Å². The minimum absolute atomic E-state index is 0.0116. The van der Waals surface area contributed by atoms with Crippen LogP contribution in [0.1, 0.15) is 30.0 Å². The number of halogens is 2. The van der Waals surface area contributed by atoms with E-state index < -0.39 is 0 Å². The van der Waals surface area contributed by atoms with Gasteiger partial charge in [0.15, 0.2) is 5.43 Å². The molecule has 4 nitrogen and oxygen atoms in total. The molecule has 29 heavy (non-hydrogen) atoms. The van der Waals surface area contributed by atoms with E-state index in [4.69, 9.17) is 16.6 Å². The third kappa shape index (κ3) is 3.32. The molecule has 0 unspecified atom stereocenters. The molecule has 1 aliphatic carbocycles. The van der Waals surface area contributed by atoms with Gasteiger partial charge in [0.2, 0.25) is 0 Å². The van der Waals surface area contributed by atoms with Crippen molar-refractivity contribution in [3.8, 4) is 22.4 Å². The predicted molar refractivity (Wildman–Crippen MR) is 113 cm³/mol. The van der Waals surface area contributed by atoms with Crippen LogP contribution in [0.2, 0.25) is 5.15 Å². The summed E-state index contributed by atoms with van der Waals surface area (Å²) in [4.78, 5) is 25.2. The van der Waals surface area contributed by atoms with E-state index in [-0.39, 0.29) is 11.2 Å². The summed E-state index contributed by atoms with van der Waals surface area (Å²) < 4.78 is 13.5. The Kier molecular flexibility index (Phi) is 4.21. The maximum atomic E-state index is 13.5. The van der Waals surface area contributed by atoms with Crippen LogP contribution in [0.3, 0.4) is 0 Å². The number of aryl methyl sites for hydroxylation is 1. The number of H-pyrrole nitrogens is 1. The highest BCUT2D eigenvalue weighted by molar-refractivity contribution is 6.29. The highest BCUT2D eigenvalue weighted by Gasteiger charge is 2.27. The Labute approximate surface area is 171 Å². The number of hydrogen-bond acceptors (Lipinski definition) is 3. The van der Waals surface area contributed by atoms with E-state index in [1.165, 1.54) is 12.1 Å². The molecule has 4 aromatic rings. The zero-order chi connectivity index (χ0) is 20.1. The van der Waals surface area contributed by atoms with Gasteiger partial charge in [-0.05, 0) is 73.7 Å². The van der Waals surface area contributed by atoms with Crippen LogP contribution in [0.5, 0.6) is 0 Å². The third-order valence-corrected chi connectivity index (χ3v) is 5.46. The summed E-state index contributed by atoms with van der Waals surface area (Å²) in [5.74, 6) is 0.0161. The number of hydrogen-bond donors (Lipinski definition) is 1. The van der Waals surface area contributed by atoms with E-state index in [1.54, 1.807) is 24.4 Å². The van der Waals surface area contributed by atoms with Crippen LogP contribution < -0.4 is 5.43 Å². The van der Waals surface area contributed by atoms with E-state index in [2.05, 4.69) is 9.97 Å². The number of aromatic amines is 1. The molecule has 0 radical (unpaired) electrons. The van der Waals surface area contributed by atoms with Gasteiger partial charge in [0.05, 0.1) is 11.1 Å². The number of pyridine rings is 3. The molecular weight excluding hydrogens is 389 g/mol. The van der Waals surface area contributed by atoms with Crippen molar-refractivity contribution in [3.05, 3.63) is 81.1 Å². The van der Waals surface area contributed by atoms with Gasteiger partial charge in [-0.1, -0.05) is 11.6 Å². The number of aromatic nitrogens is 3. The van der Waals surface area contributed by atoms with Gasteiger partial charge in [-0.2, -0.15) is 0 Å². The molecule has 0 saturated heterocycles. The fourth-order valence-corrected chi connectivity index (χ4v) is 3.94. The van der Waals surface area contributed by atoms with Crippen molar-refractivity contribution >= 4 is 22.6 Å². The van der Waals surface area contributed by atoms with Crippen LogP contribution in [-0.4, -0.2) is 15.0 Å². The second kappa shape index (κ2) is 6.78. The highest BCUT2D eigenvalue weighted by Crippen LogP contribution is 2.39. The molecule has 0 aliphatic heterocycles. The van der Waals surface area contributed by atoms with Crippen molar-refractivity contribution in [2.24, 2.45) is 0 Å². The summed E-state index contributed by atoms with van der Waals surface area (Å²) in [6.45, 7) is 1.86. The standard InChI is InChI=1S/C23H17ClFN3O/c1-12-8-15(9-20(24)27-12)17-10-18-22(29)19(13-2-3-13)11-26-23(18)28-21(17)14-4-6-16(25)7-5-14/h4-11,13H,2-3H2,1H3,(H,26,28,29). The number of benzene rings is 1. The van der Waals surface area contributed by atoms with E-state index >= 15 is 0 Å². The molecule has 144 valence electrons. The lowest BCUT2D eigenvalue weighted by molar-refractivity contribution is 0.628. The van der Waals surface area contributed by atoms with Crippen molar-refractivity contribution in [1.29, 1.82) is 0 Å². The lowest BCUT2D eigenvalue weighted by Gasteiger charge is -2.13. The molecule has 1 N–H and O–H groups in total. The molecule has 1 aromatic carbocycles. The van der Waals surface area contributed by atoms with Crippen molar-refractivity contribution in [3.63, 3.8) is 0 Å². The van der Waals surface area contributed by atoms with Gasteiger partial charge in [0.1, 0.15) is 16.6 Å². The number of nitrogens with zero attached hydrogens (tertiary/aromatic N) is 2. The minimum Gasteiger partial charge on any atom is -0.346 e. The van der Waals surface area contributed by atoms with Crippen molar-refractivity contribution in [2.75, 3.05) is 0 Å². The van der Waals surface area contributed by atoms with E-state index in [1.807, 2.05) is 19.1 Å². The predicted octanol–water partition coefficient (Wildman–Crippen LogP) is 5.63. The van der Waals surface area contributed by atoms with Gasteiger partial charge in [-0.15, -0.1) is 0 Å². The fraction of sp³-hybridized carbons (Fsp3) is 0.174. The van der Waals surface area contributed by atoms with Gasteiger partial charge in [-0.3, -0.25) is 4.79 Å². The molecule has 3 heterocycles. The zero-order valence-electron chi connectivity index (χ0n) is 15.7. The normalized spacial score (nSPS) is 13.8. The summed E-state index contributed by atoms with van der Waals surface area (Å²) in [5, 5.41) is 0.909. The Hall–Kier alpha value is -3.05. The summed E-state index contributed by atoms with van der Waals surface area (Å²) in [5.41, 5.74) is 5.07. The Morgan fingerprint density at radius 2 is 1.83 bits per heavy atom. The number of fused-ring (bicyclic) bond motifs is 1. The van der Waals surface area contributed by atoms with E-state index in [0.717, 1.165) is 40.8 Å². The quantitative estimate of drug-likeness (QED) is 0.449. The van der Waals surface area contributed by atoms with Crippen LogP contribution in [-0.2, 0) is 0 Å². The molecule has 0 bridgehead atoms. The van der Waals surface area contributed by atoms with Crippen molar-refractivity contribution in [1.82, 2.24) is 15.0 Å². The Bertz CT molecular complexity index is 1290. The average molecular weight is 406 g/mol. The Morgan fingerprint density at radius 3 is 2.52 bits per heavy atom. The van der Waals surface area contributed by atoms with E-state index in [0.29, 0.717) is 27.8 Å². The molecule has 1 fully saturated rings. The van der Waals surface area contributed by atoms with Gasteiger partial charge in [0, 0.05) is 28.6 Å². The Balaban J connectivity index is 1.82. The molecule has 5 rings (SSSR count). The first-order valence-corrected chi connectivity index (χ1v) is 9.84. The first kappa shape index (κ1) is 18.0. The third-order valence-electron chi connectivity index (χ3n) is 5.26. The average Bonchev–Trinajstić information content (AvgIpc) is 3.52. The lowest BCUT2D eigenvalue weighted by Crippen LogP contribution is -2.10. The summed E-state index contributed by atoms with van der Waals surface area (Å²) >= 11 is 6.19. The maximum absolute atomic E-state index is 13.5. The summed E-state index contributed by atoms with van der Waals surface area (Å²) in [7, 11) is 0. The number of rotatable bonds is 3. The molecule has 0 amide bonds. The van der Waals surface area contributed by atoms with Crippen LogP contribution in [0.15, 0.2) is 53.5 Å². The SMILES string of the molecule is Cc1cc(-c2cc3c(=O)c(C4CC4)c[nH]c3nc2-c2ccc(F)cc2)cc(Cl)n1. The summed E-state index contributed by atoms with van der Waals surface area (Å²) in [6, 6.07) is 11.7. The fourth-order valence-electron chi connectivity index (χ4n) is 3.69. The molecule has 6 heteroatoms. The van der Waals surface area contributed by atoms with Crippen LogP contribution in [0.25, 0.3) is 33.4 Å². The smallest absolute Gasteiger partial charge is 0.194 e. The maximum Gasteiger partial charge on any atom is 0.194 e. The topological polar surface area (TPSA) is 58.6 Å². The molecule has 3 aromatic heterocycles. The molecule has 0 atom stereocenters. The second-order valence-electron chi connectivity index (χ2n) is 7.45. The van der Waals surface area contributed by atoms with Crippen LogP contribution >= 0.6 is 11.6 Å². The van der Waals surface area contributed by atoms with Gasteiger partial charge < -0.3 is 4.98 Å². The molecule has 1 aliphatic rings. The molecule has 0 spiro atoms. The largest absolute Gasteiger partial charge is 0.346 e. The molecular formula is C23H17ClFN3O. The van der Waals surface area contributed by atoms with E-state index in [9.17, 15) is 9.18 Å². The lowest BCUT2D eigenvalue weighted by atomic mass is 9.97. The van der Waals surface area contributed by atoms with Gasteiger partial charge in [0.25, 0.3) is 0 Å². The van der Waals surface area contributed by atoms with Crippen LogP contribution in [0, 0.1) is 12.7 Å². The van der Waals surface area contributed by atoms with Crippen molar-refractivity contribution < 1.29 is 4.39 Å². The van der Waals surface area contributed by atoms with Gasteiger partial charge >= 0.3 is 0 Å². The second-order valence-corrected chi connectivity index (χ2v) is 7.84. The number of nitrogens with one attached hydrogen (secondary N) is 1. The Morgan fingerprint density at radius 1 is 1.07 bits per heavy atom. The van der Waals surface area contributed by atoms with Crippen molar-refractivity contribution in [2.45, 2.75) is 25.7 Å². The first-order chi connectivity index (χ1) is 14.0.